The lowest BCUT2D eigenvalue weighted by atomic mass is 9.97. The number of carbonyl (C=O) groups excluding carboxylic acids is 2. The van der Waals surface area contributed by atoms with Crippen LogP contribution in [0.3, 0.4) is 0 Å². The van der Waals surface area contributed by atoms with E-state index >= 15 is 0 Å². The first-order chi connectivity index (χ1) is 11.2. The van der Waals surface area contributed by atoms with Crippen LogP contribution in [0, 0.1) is 5.41 Å². The minimum atomic E-state index is -1.12. The third-order valence-corrected chi connectivity index (χ3v) is 3.26. The zero-order valence-corrected chi connectivity index (χ0v) is 17.4. The van der Waals surface area contributed by atoms with Gasteiger partial charge in [0.2, 0.25) is 0 Å². The minimum absolute atomic E-state index is 0.0948. The Morgan fingerprint density at radius 1 is 0.840 bits per heavy atom. The van der Waals surface area contributed by atoms with E-state index in [2.05, 4.69) is 0 Å². The molecule has 0 aliphatic carbocycles. The summed E-state index contributed by atoms with van der Waals surface area (Å²) in [5, 5.41) is 0. The molecular formula is C19H36O6. The molecule has 6 nitrogen and oxygen atoms in total. The summed E-state index contributed by atoms with van der Waals surface area (Å²) in [6, 6.07) is 0. The van der Waals surface area contributed by atoms with Gasteiger partial charge in [0.05, 0.1) is 23.7 Å². The van der Waals surface area contributed by atoms with Crippen molar-refractivity contribution >= 4 is 11.9 Å². The second kappa shape index (κ2) is 9.53. The lowest BCUT2D eigenvalue weighted by molar-refractivity contribution is -0.178. The minimum Gasteiger partial charge on any atom is -0.463 e. The maximum Gasteiger partial charge on any atom is 0.337 e. The lowest BCUT2D eigenvalue weighted by Gasteiger charge is -2.28. The number of esters is 2. The molecule has 0 N–H and O–H groups in total. The molecule has 0 aromatic rings. The second-order valence-corrected chi connectivity index (χ2v) is 8.60. The van der Waals surface area contributed by atoms with E-state index in [1.165, 1.54) is 0 Å². The highest BCUT2D eigenvalue weighted by Gasteiger charge is 2.32. The summed E-state index contributed by atoms with van der Waals surface area (Å²) in [7, 11) is 0. The highest BCUT2D eigenvalue weighted by atomic mass is 16.6. The van der Waals surface area contributed by atoms with Crippen molar-refractivity contribution in [2.75, 3.05) is 19.8 Å². The highest BCUT2D eigenvalue weighted by Crippen LogP contribution is 2.17. The number of carbonyl (C=O) groups is 2. The Kier molecular flexibility index (Phi) is 9.09. The Labute approximate surface area is 152 Å². The molecule has 0 aromatic heterocycles. The molecule has 0 saturated carbocycles. The van der Waals surface area contributed by atoms with E-state index < -0.39 is 17.0 Å². The lowest BCUT2D eigenvalue weighted by Crippen LogP contribution is -2.40. The highest BCUT2D eigenvalue weighted by molar-refractivity contribution is 5.78. The van der Waals surface area contributed by atoms with Crippen molar-refractivity contribution in [1.82, 2.24) is 0 Å². The molecular weight excluding hydrogens is 324 g/mol. The fourth-order valence-electron chi connectivity index (χ4n) is 1.78. The molecule has 0 radical (unpaired) electrons. The van der Waals surface area contributed by atoms with Crippen LogP contribution in [0.25, 0.3) is 0 Å². The fraction of sp³-hybridized carbons (Fsp3) is 0.895. The molecule has 0 aromatic carbocycles. The van der Waals surface area contributed by atoms with Crippen LogP contribution in [0.1, 0.15) is 68.7 Å². The largest absolute Gasteiger partial charge is 0.463 e. The Morgan fingerprint density at radius 2 is 1.40 bits per heavy atom. The summed E-state index contributed by atoms with van der Waals surface area (Å²) < 4.78 is 21.8. The van der Waals surface area contributed by atoms with Crippen LogP contribution >= 0.6 is 0 Å². The van der Waals surface area contributed by atoms with Gasteiger partial charge in [-0.15, -0.1) is 0 Å². The van der Waals surface area contributed by atoms with E-state index in [1.807, 2.05) is 27.7 Å². The van der Waals surface area contributed by atoms with Gasteiger partial charge in [0, 0.05) is 0 Å². The van der Waals surface area contributed by atoms with Crippen molar-refractivity contribution in [3.05, 3.63) is 0 Å². The van der Waals surface area contributed by atoms with Gasteiger partial charge < -0.3 is 18.9 Å². The predicted molar refractivity (Wildman–Crippen MR) is 96.3 cm³/mol. The van der Waals surface area contributed by atoms with Gasteiger partial charge in [0.25, 0.3) is 0 Å². The van der Waals surface area contributed by atoms with Crippen LogP contribution < -0.4 is 0 Å². The van der Waals surface area contributed by atoms with Crippen molar-refractivity contribution in [2.45, 2.75) is 86.0 Å². The molecule has 0 saturated heterocycles. The second-order valence-electron chi connectivity index (χ2n) is 8.60. The van der Waals surface area contributed by atoms with E-state index in [1.54, 1.807) is 34.6 Å². The molecule has 0 fully saturated rings. The quantitative estimate of drug-likeness (QED) is 0.463. The fourth-order valence-corrected chi connectivity index (χ4v) is 1.78. The summed E-state index contributed by atoms with van der Waals surface area (Å²) in [5.41, 5.74) is -1.97. The molecule has 6 heteroatoms. The van der Waals surface area contributed by atoms with Gasteiger partial charge in [-0.3, -0.25) is 4.79 Å². The van der Waals surface area contributed by atoms with E-state index in [-0.39, 0.29) is 37.5 Å². The first-order valence-corrected chi connectivity index (χ1v) is 8.85. The van der Waals surface area contributed by atoms with Gasteiger partial charge in [-0.1, -0.05) is 6.92 Å². The van der Waals surface area contributed by atoms with Gasteiger partial charge in [-0.05, 0) is 61.8 Å². The van der Waals surface area contributed by atoms with Gasteiger partial charge in [0.1, 0.15) is 13.2 Å². The first-order valence-electron chi connectivity index (χ1n) is 8.85. The average Bonchev–Trinajstić information content (AvgIpc) is 2.45. The van der Waals surface area contributed by atoms with E-state index in [9.17, 15) is 9.59 Å². The monoisotopic (exact) mass is 360 g/mol. The Hall–Kier alpha value is -1.14. The van der Waals surface area contributed by atoms with Gasteiger partial charge in [-0.2, -0.15) is 0 Å². The normalized spacial score (nSPS) is 14.1. The van der Waals surface area contributed by atoms with Crippen molar-refractivity contribution in [1.29, 1.82) is 0 Å². The number of hydrogen-bond donors (Lipinski definition) is 0. The third kappa shape index (κ3) is 10.4. The third-order valence-electron chi connectivity index (χ3n) is 3.26. The van der Waals surface area contributed by atoms with Crippen molar-refractivity contribution in [3.8, 4) is 0 Å². The van der Waals surface area contributed by atoms with Gasteiger partial charge in [-0.25, -0.2) is 4.79 Å². The number of hydrogen-bond acceptors (Lipinski definition) is 6. The molecule has 148 valence electrons. The maximum atomic E-state index is 12.2. The van der Waals surface area contributed by atoms with Gasteiger partial charge in [0.15, 0.2) is 5.60 Å². The van der Waals surface area contributed by atoms with Crippen LogP contribution in [0.2, 0.25) is 0 Å². The Bertz CT molecular complexity index is 428. The summed E-state index contributed by atoms with van der Waals surface area (Å²) in [6.45, 7) is 16.9. The zero-order chi connectivity index (χ0) is 19.9. The smallest absolute Gasteiger partial charge is 0.337 e. The molecule has 25 heavy (non-hydrogen) atoms. The van der Waals surface area contributed by atoms with E-state index in [0.717, 1.165) is 6.42 Å². The number of rotatable bonds is 9. The van der Waals surface area contributed by atoms with Crippen molar-refractivity contribution in [3.63, 3.8) is 0 Å². The van der Waals surface area contributed by atoms with Crippen LogP contribution in [0.5, 0.6) is 0 Å². The topological polar surface area (TPSA) is 71.1 Å². The summed E-state index contributed by atoms with van der Waals surface area (Å²) in [6.07, 6.45) is 0.585. The Morgan fingerprint density at radius 3 is 1.84 bits per heavy atom. The molecule has 0 aliphatic heterocycles. The SMILES string of the molecule is CCC(COC(=O)C(C)(C)OCCOC(=O)C(C)(C)C)OC(C)(C)C. The van der Waals surface area contributed by atoms with Crippen LogP contribution in [0.4, 0.5) is 0 Å². The summed E-state index contributed by atoms with van der Waals surface area (Å²) in [4.78, 5) is 23.9. The molecule has 0 amide bonds. The number of ether oxygens (including phenoxy) is 4. The van der Waals surface area contributed by atoms with Crippen molar-refractivity contribution < 1.29 is 28.5 Å². The molecule has 0 bridgehead atoms. The molecule has 1 atom stereocenters. The summed E-state index contributed by atoms with van der Waals surface area (Å²) in [5.74, 6) is -0.771. The molecule has 0 heterocycles. The van der Waals surface area contributed by atoms with E-state index in [0.29, 0.717) is 0 Å². The predicted octanol–water partition coefficient (Wildman–Crippen LogP) is 3.51. The average molecular weight is 360 g/mol. The van der Waals surface area contributed by atoms with Crippen LogP contribution in [-0.4, -0.2) is 49.1 Å². The first kappa shape index (κ1) is 23.9. The maximum absolute atomic E-state index is 12.2. The van der Waals surface area contributed by atoms with E-state index in [4.69, 9.17) is 18.9 Å². The standard InChI is InChI=1S/C19H36O6/c1-10-14(25-18(5,6)7)13-23-16(21)19(8,9)24-12-11-22-15(20)17(2,3)4/h14H,10-13H2,1-9H3. The Balaban J connectivity index is 4.30. The molecule has 1 unspecified atom stereocenters. The zero-order valence-electron chi connectivity index (χ0n) is 17.4. The van der Waals surface area contributed by atoms with Crippen LogP contribution in [-0.2, 0) is 28.5 Å². The molecule has 0 spiro atoms. The molecule has 0 rings (SSSR count). The van der Waals surface area contributed by atoms with Crippen molar-refractivity contribution in [2.24, 2.45) is 5.41 Å². The summed E-state index contributed by atoms with van der Waals surface area (Å²) >= 11 is 0. The molecule has 0 aliphatic rings. The van der Waals surface area contributed by atoms with Crippen LogP contribution in [0.15, 0.2) is 0 Å². The van der Waals surface area contributed by atoms with Gasteiger partial charge >= 0.3 is 11.9 Å².